The molecular formula is C6H8Br2O2. The first-order chi connectivity index (χ1) is 4.52. The highest BCUT2D eigenvalue weighted by molar-refractivity contribution is 9.25. The van der Waals surface area contributed by atoms with Crippen LogP contribution in [0.15, 0.2) is 0 Å². The largest absolute Gasteiger partial charge is 0.481 e. The maximum atomic E-state index is 10.3. The Labute approximate surface area is 76.2 Å². The quantitative estimate of drug-likeness (QED) is 0.801. The molecule has 1 rings (SSSR count). The maximum absolute atomic E-state index is 10.3. The Balaban J connectivity index is 2.41. The summed E-state index contributed by atoms with van der Waals surface area (Å²) in [6.45, 7) is 0. The Hall–Kier alpha value is 0.430. The van der Waals surface area contributed by atoms with E-state index in [0.29, 0.717) is 5.92 Å². The van der Waals surface area contributed by atoms with Gasteiger partial charge in [0.05, 0.1) is 9.65 Å². The van der Waals surface area contributed by atoms with Crippen molar-refractivity contribution in [2.45, 2.75) is 22.5 Å². The number of aliphatic carboxylic acids is 1. The lowest BCUT2D eigenvalue weighted by Gasteiger charge is -2.16. The number of rotatable bonds is 3. The van der Waals surface area contributed by atoms with Crippen LogP contribution in [0.25, 0.3) is 0 Å². The molecule has 1 aliphatic rings. The molecule has 0 heterocycles. The van der Waals surface area contributed by atoms with E-state index in [4.69, 9.17) is 5.11 Å². The van der Waals surface area contributed by atoms with Gasteiger partial charge in [-0.15, -0.1) is 0 Å². The minimum Gasteiger partial charge on any atom is -0.481 e. The fourth-order valence-corrected chi connectivity index (χ4v) is 2.25. The molecule has 0 saturated heterocycles. The maximum Gasteiger partial charge on any atom is 0.305 e. The second-order valence-corrected chi connectivity index (χ2v) is 6.50. The second-order valence-electron chi connectivity index (χ2n) is 2.61. The van der Waals surface area contributed by atoms with Gasteiger partial charge in [0.25, 0.3) is 0 Å². The van der Waals surface area contributed by atoms with Crippen LogP contribution in [0.4, 0.5) is 0 Å². The molecule has 0 radical (unpaired) electrons. The lowest BCUT2D eigenvalue weighted by Crippen LogP contribution is -2.18. The molecule has 0 aromatic carbocycles. The smallest absolute Gasteiger partial charge is 0.305 e. The second kappa shape index (κ2) is 2.81. The molecule has 0 amide bonds. The Kier molecular flexibility index (Phi) is 2.40. The van der Waals surface area contributed by atoms with Gasteiger partial charge in [-0.05, 0) is 18.8 Å². The van der Waals surface area contributed by atoms with Crippen LogP contribution in [0.3, 0.4) is 0 Å². The van der Waals surface area contributed by atoms with Gasteiger partial charge in [-0.25, -0.2) is 0 Å². The fourth-order valence-electron chi connectivity index (χ4n) is 0.852. The standard InChI is InChI=1S/C6H8Br2O2/c7-6(8,3-5(9)10)4-1-2-4/h4H,1-3H2,(H,9,10). The third kappa shape index (κ3) is 2.23. The molecule has 1 fully saturated rings. The van der Waals surface area contributed by atoms with E-state index in [9.17, 15) is 4.79 Å². The minimum atomic E-state index is -0.763. The van der Waals surface area contributed by atoms with Crippen LogP contribution in [0, 0.1) is 5.92 Å². The van der Waals surface area contributed by atoms with Crippen LogP contribution in [0.2, 0.25) is 0 Å². The number of halogens is 2. The predicted molar refractivity (Wildman–Crippen MR) is 45.6 cm³/mol. The van der Waals surface area contributed by atoms with Gasteiger partial charge in [0, 0.05) is 0 Å². The van der Waals surface area contributed by atoms with Gasteiger partial charge in [0.2, 0.25) is 0 Å². The van der Waals surface area contributed by atoms with Crippen LogP contribution in [-0.4, -0.2) is 14.3 Å². The van der Waals surface area contributed by atoms with Crippen molar-refractivity contribution in [2.24, 2.45) is 5.92 Å². The molecule has 1 aliphatic carbocycles. The van der Waals surface area contributed by atoms with E-state index < -0.39 is 5.97 Å². The van der Waals surface area contributed by atoms with Crippen LogP contribution >= 0.6 is 31.9 Å². The van der Waals surface area contributed by atoms with Crippen LogP contribution < -0.4 is 0 Å². The summed E-state index contributed by atoms with van der Waals surface area (Å²) in [5.41, 5.74) is 0. The highest BCUT2D eigenvalue weighted by atomic mass is 79.9. The summed E-state index contributed by atoms with van der Waals surface area (Å²) in [7, 11) is 0. The first kappa shape index (κ1) is 8.53. The molecule has 10 heavy (non-hydrogen) atoms. The Morgan fingerprint density at radius 1 is 1.60 bits per heavy atom. The molecule has 0 spiro atoms. The normalized spacial score (nSPS) is 19.0. The van der Waals surface area contributed by atoms with E-state index >= 15 is 0 Å². The van der Waals surface area contributed by atoms with Gasteiger partial charge in [0.1, 0.15) is 0 Å². The van der Waals surface area contributed by atoms with Gasteiger partial charge >= 0.3 is 5.97 Å². The summed E-state index contributed by atoms with van der Waals surface area (Å²) < 4.78 is -0.341. The zero-order valence-corrected chi connectivity index (χ0v) is 8.48. The number of carboxylic acids is 1. The molecule has 0 aromatic rings. The number of carboxylic acid groups (broad SMARTS) is 1. The zero-order chi connectivity index (χ0) is 7.78. The highest BCUT2D eigenvalue weighted by Crippen LogP contribution is 2.51. The van der Waals surface area contributed by atoms with Gasteiger partial charge < -0.3 is 5.11 Å². The molecule has 58 valence electrons. The van der Waals surface area contributed by atoms with E-state index in [1.165, 1.54) is 0 Å². The molecule has 0 unspecified atom stereocenters. The number of hydrogen-bond acceptors (Lipinski definition) is 1. The van der Waals surface area contributed by atoms with E-state index in [2.05, 4.69) is 31.9 Å². The minimum absolute atomic E-state index is 0.150. The van der Waals surface area contributed by atoms with Crippen molar-refractivity contribution in [3.8, 4) is 0 Å². The Morgan fingerprint density at radius 2 is 2.10 bits per heavy atom. The molecule has 4 heteroatoms. The van der Waals surface area contributed by atoms with Crippen LogP contribution in [0.5, 0.6) is 0 Å². The summed E-state index contributed by atoms with van der Waals surface area (Å²) in [6.07, 6.45) is 2.41. The predicted octanol–water partition coefficient (Wildman–Crippen LogP) is 2.36. The monoisotopic (exact) mass is 270 g/mol. The van der Waals surface area contributed by atoms with E-state index in [0.717, 1.165) is 12.8 Å². The van der Waals surface area contributed by atoms with Crippen LogP contribution in [0.1, 0.15) is 19.3 Å². The molecule has 0 aromatic heterocycles. The molecule has 1 N–H and O–H groups in total. The van der Waals surface area contributed by atoms with E-state index in [1.54, 1.807) is 0 Å². The first-order valence-corrected chi connectivity index (χ1v) is 4.70. The summed E-state index contributed by atoms with van der Waals surface area (Å²) in [6, 6.07) is 0. The molecule has 0 aliphatic heterocycles. The molecule has 1 saturated carbocycles. The van der Waals surface area contributed by atoms with Crippen molar-refractivity contribution >= 4 is 37.8 Å². The Bertz CT molecular complexity index is 152. The van der Waals surface area contributed by atoms with Crippen molar-refractivity contribution < 1.29 is 9.90 Å². The van der Waals surface area contributed by atoms with Crippen molar-refractivity contribution in [1.29, 1.82) is 0 Å². The zero-order valence-electron chi connectivity index (χ0n) is 5.31. The molecule has 0 atom stereocenters. The lowest BCUT2D eigenvalue weighted by molar-refractivity contribution is -0.137. The van der Waals surface area contributed by atoms with Gasteiger partial charge in [-0.3, -0.25) is 4.79 Å². The Morgan fingerprint density at radius 3 is 2.40 bits per heavy atom. The summed E-state index contributed by atoms with van der Waals surface area (Å²) in [5.74, 6) is -0.260. The van der Waals surface area contributed by atoms with Crippen molar-refractivity contribution in [3.63, 3.8) is 0 Å². The summed E-state index contributed by atoms with van der Waals surface area (Å²) >= 11 is 6.69. The third-order valence-electron chi connectivity index (χ3n) is 1.56. The number of hydrogen-bond donors (Lipinski definition) is 1. The first-order valence-electron chi connectivity index (χ1n) is 3.12. The van der Waals surface area contributed by atoms with Gasteiger partial charge in [-0.2, -0.15) is 0 Å². The van der Waals surface area contributed by atoms with Gasteiger partial charge in [0.15, 0.2) is 0 Å². The van der Waals surface area contributed by atoms with Gasteiger partial charge in [-0.1, -0.05) is 31.9 Å². The van der Waals surface area contributed by atoms with Crippen molar-refractivity contribution in [1.82, 2.24) is 0 Å². The SMILES string of the molecule is O=C(O)CC(Br)(Br)C1CC1. The summed E-state index contributed by atoms with van der Waals surface area (Å²) in [4.78, 5) is 10.3. The number of alkyl halides is 2. The molecular weight excluding hydrogens is 264 g/mol. The fraction of sp³-hybridized carbons (Fsp3) is 0.833. The van der Waals surface area contributed by atoms with Crippen molar-refractivity contribution in [2.75, 3.05) is 0 Å². The topological polar surface area (TPSA) is 37.3 Å². The lowest BCUT2D eigenvalue weighted by atomic mass is 10.2. The number of carbonyl (C=O) groups is 1. The summed E-state index contributed by atoms with van der Waals surface area (Å²) in [5, 5.41) is 8.47. The van der Waals surface area contributed by atoms with E-state index in [1.807, 2.05) is 0 Å². The van der Waals surface area contributed by atoms with Crippen molar-refractivity contribution in [3.05, 3.63) is 0 Å². The average Bonchev–Trinajstić information content (AvgIpc) is 2.35. The molecule has 0 bridgehead atoms. The highest BCUT2D eigenvalue weighted by Gasteiger charge is 2.42. The average molecular weight is 272 g/mol. The third-order valence-corrected chi connectivity index (χ3v) is 3.42. The van der Waals surface area contributed by atoms with E-state index in [-0.39, 0.29) is 9.65 Å². The molecule has 2 nitrogen and oxygen atoms in total. The van der Waals surface area contributed by atoms with Crippen LogP contribution in [-0.2, 0) is 4.79 Å².